The minimum absolute atomic E-state index is 0.245. The summed E-state index contributed by atoms with van der Waals surface area (Å²) in [5.41, 5.74) is 5.12. The summed E-state index contributed by atoms with van der Waals surface area (Å²) in [6, 6.07) is 10.8. The topological polar surface area (TPSA) is 85.2 Å². The average Bonchev–Trinajstić information content (AvgIpc) is 3.09. The van der Waals surface area contributed by atoms with Gasteiger partial charge in [-0.25, -0.2) is 9.78 Å². The van der Waals surface area contributed by atoms with Crippen molar-refractivity contribution >= 4 is 34.3 Å². The number of fused-ring (bicyclic) bond motifs is 2. The summed E-state index contributed by atoms with van der Waals surface area (Å²) in [4.78, 5) is 29.5. The summed E-state index contributed by atoms with van der Waals surface area (Å²) < 4.78 is 6.93. The Hall–Kier alpha value is -3.35. The van der Waals surface area contributed by atoms with Crippen molar-refractivity contribution in [2.45, 2.75) is 59.0 Å². The minimum atomic E-state index is -0.487. The normalized spacial score (nSPS) is 15.4. The molecule has 1 aromatic carbocycles. The molecule has 0 saturated heterocycles. The van der Waals surface area contributed by atoms with Crippen LogP contribution in [0.15, 0.2) is 36.5 Å². The van der Waals surface area contributed by atoms with Crippen molar-refractivity contribution in [1.29, 1.82) is 0 Å². The Labute approximate surface area is 194 Å². The van der Waals surface area contributed by atoms with Crippen LogP contribution < -0.4 is 10.6 Å². The number of aromatic nitrogens is 2. The molecule has 2 aromatic heterocycles. The molecule has 0 spiro atoms. The lowest BCUT2D eigenvalue weighted by atomic mass is 9.88. The van der Waals surface area contributed by atoms with Crippen LogP contribution in [0.4, 0.5) is 11.4 Å². The molecule has 7 heteroatoms. The third kappa shape index (κ3) is 4.87. The number of carbonyl (C=O) groups is 2. The third-order valence-corrected chi connectivity index (χ3v) is 6.23. The van der Waals surface area contributed by atoms with Crippen LogP contribution in [-0.2, 0) is 28.9 Å². The van der Waals surface area contributed by atoms with Crippen LogP contribution in [0.1, 0.15) is 55.2 Å². The second kappa shape index (κ2) is 9.65. The number of hydrogen-bond donors (Lipinski definition) is 2. The number of rotatable bonds is 7. The van der Waals surface area contributed by atoms with Gasteiger partial charge >= 0.3 is 5.97 Å². The summed E-state index contributed by atoms with van der Waals surface area (Å²) >= 11 is 0. The SMILES string of the molecule is COC(=O)c1c(NC(C)=O)c2cc(NC3CCc4ccccc4C3)cnc2n1CCC(C)C. The van der Waals surface area contributed by atoms with Gasteiger partial charge in [0, 0.05) is 24.9 Å². The molecule has 0 bridgehead atoms. The molecule has 1 unspecified atom stereocenters. The molecule has 1 atom stereocenters. The maximum absolute atomic E-state index is 12.7. The first-order valence-electron chi connectivity index (χ1n) is 11.6. The van der Waals surface area contributed by atoms with Crippen molar-refractivity contribution in [1.82, 2.24) is 9.55 Å². The largest absolute Gasteiger partial charge is 0.464 e. The van der Waals surface area contributed by atoms with E-state index in [-0.39, 0.29) is 5.91 Å². The van der Waals surface area contributed by atoms with Crippen molar-refractivity contribution in [2.24, 2.45) is 5.92 Å². The Balaban J connectivity index is 1.72. The Morgan fingerprint density at radius 1 is 1.24 bits per heavy atom. The smallest absolute Gasteiger partial charge is 0.356 e. The molecule has 1 aliphatic carbocycles. The summed E-state index contributed by atoms with van der Waals surface area (Å²) in [5.74, 6) is -0.281. The van der Waals surface area contributed by atoms with Crippen molar-refractivity contribution < 1.29 is 14.3 Å². The van der Waals surface area contributed by atoms with Crippen LogP contribution in [0.5, 0.6) is 0 Å². The number of benzene rings is 1. The first-order valence-corrected chi connectivity index (χ1v) is 11.6. The lowest BCUT2D eigenvalue weighted by Gasteiger charge is -2.26. The molecule has 0 aliphatic heterocycles. The molecule has 4 rings (SSSR count). The second-order valence-electron chi connectivity index (χ2n) is 9.18. The van der Waals surface area contributed by atoms with Crippen molar-refractivity contribution in [2.75, 3.05) is 17.7 Å². The van der Waals surface area contributed by atoms with E-state index >= 15 is 0 Å². The van der Waals surface area contributed by atoms with Crippen molar-refractivity contribution in [3.63, 3.8) is 0 Å². The maximum atomic E-state index is 12.7. The van der Waals surface area contributed by atoms with E-state index in [4.69, 9.17) is 9.72 Å². The molecule has 2 N–H and O–H groups in total. The molecule has 7 nitrogen and oxygen atoms in total. The fourth-order valence-corrected chi connectivity index (χ4v) is 4.58. The molecular weight excluding hydrogens is 416 g/mol. The fraction of sp³-hybridized carbons (Fsp3) is 0.423. The number of carbonyl (C=O) groups excluding carboxylic acids is 2. The molecule has 0 radical (unpaired) electrons. The highest BCUT2D eigenvalue weighted by atomic mass is 16.5. The van der Waals surface area contributed by atoms with Gasteiger partial charge in [0.2, 0.25) is 5.91 Å². The number of pyridine rings is 1. The van der Waals surface area contributed by atoms with Crippen LogP contribution in [0.3, 0.4) is 0 Å². The van der Waals surface area contributed by atoms with E-state index in [1.165, 1.54) is 25.2 Å². The molecule has 3 aromatic rings. The van der Waals surface area contributed by atoms with Crippen LogP contribution in [-0.4, -0.2) is 34.6 Å². The Kier molecular flexibility index (Phi) is 6.67. The Bertz CT molecular complexity index is 1180. The van der Waals surface area contributed by atoms with Gasteiger partial charge in [0.15, 0.2) is 5.69 Å². The predicted molar refractivity (Wildman–Crippen MR) is 131 cm³/mol. The molecule has 2 heterocycles. The lowest BCUT2D eigenvalue weighted by molar-refractivity contribution is -0.114. The highest BCUT2D eigenvalue weighted by Gasteiger charge is 2.26. The van der Waals surface area contributed by atoms with E-state index < -0.39 is 5.97 Å². The lowest BCUT2D eigenvalue weighted by Crippen LogP contribution is -2.27. The van der Waals surface area contributed by atoms with Crippen LogP contribution in [0, 0.1) is 5.92 Å². The summed E-state index contributed by atoms with van der Waals surface area (Å²) in [7, 11) is 1.35. The van der Waals surface area contributed by atoms with E-state index in [2.05, 4.69) is 48.7 Å². The second-order valence-corrected chi connectivity index (χ2v) is 9.18. The van der Waals surface area contributed by atoms with E-state index in [0.717, 1.165) is 36.8 Å². The molecule has 0 fully saturated rings. The van der Waals surface area contributed by atoms with Crippen LogP contribution in [0.2, 0.25) is 0 Å². The van der Waals surface area contributed by atoms with Gasteiger partial charge in [0.25, 0.3) is 0 Å². The van der Waals surface area contributed by atoms with Gasteiger partial charge in [-0.3, -0.25) is 4.79 Å². The zero-order chi connectivity index (χ0) is 23.5. The number of ether oxygens (including phenoxy) is 1. The predicted octanol–water partition coefficient (Wildman–Crippen LogP) is 4.80. The number of aryl methyl sites for hydroxylation is 2. The molecule has 0 saturated carbocycles. The summed E-state index contributed by atoms with van der Waals surface area (Å²) in [5, 5.41) is 7.20. The first-order chi connectivity index (χ1) is 15.9. The monoisotopic (exact) mass is 448 g/mol. The van der Waals surface area contributed by atoms with E-state index in [1.54, 1.807) is 0 Å². The van der Waals surface area contributed by atoms with E-state index in [0.29, 0.717) is 35.5 Å². The highest BCUT2D eigenvalue weighted by Crippen LogP contribution is 2.34. The number of methoxy groups -OCH3 is 1. The number of nitrogens with one attached hydrogen (secondary N) is 2. The van der Waals surface area contributed by atoms with E-state index in [9.17, 15) is 9.59 Å². The molecular formula is C26H32N4O3. The van der Waals surface area contributed by atoms with Crippen molar-refractivity contribution in [3.05, 3.63) is 53.3 Å². The Morgan fingerprint density at radius 2 is 2.00 bits per heavy atom. The zero-order valence-electron chi connectivity index (χ0n) is 19.8. The third-order valence-electron chi connectivity index (χ3n) is 6.23. The molecule has 174 valence electrons. The minimum Gasteiger partial charge on any atom is -0.464 e. The Morgan fingerprint density at radius 3 is 2.70 bits per heavy atom. The summed E-state index contributed by atoms with van der Waals surface area (Å²) in [6.45, 7) is 6.32. The maximum Gasteiger partial charge on any atom is 0.356 e. The number of amides is 1. The van der Waals surface area contributed by atoms with Gasteiger partial charge < -0.3 is 19.9 Å². The first kappa shape index (κ1) is 22.8. The average molecular weight is 449 g/mol. The van der Waals surface area contributed by atoms with Crippen molar-refractivity contribution in [3.8, 4) is 0 Å². The fourth-order valence-electron chi connectivity index (χ4n) is 4.58. The van der Waals surface area contributed by atoms with Gasteiger partial charge in [0.1, 0.15) is 5.65 Å². The zero-order valence-corrected chi connectivity index (χ0v) is 19.8. The van der Waals surface area contributed by atoms with Gasteiger partial charge in [-0.1, -0.05) is 38.1 Å². The summed E-state index contributed by atoms with van der Waals surface area (Å²) in [6.07, 6.45) is 5.72. The molecule has 1 aliphatic rings. The van der Waals surface area contributed by atoms with Gasteiger partial charge in [-0.2, -0.15) is 0 Å². The van der Waals surface area contributed by atoms with Gasteiger partial charge in [0.05, 0.1) is 24.7 Å². The van der Waals surface area contributed by atoms with E-state index in [1.807, 2.05) is 16.8 Å². The van der Waals surface area contributed by atoms with Crippen LogP contribution in [0.25, 0.3) is 11.0 Å². The number of nitrogens with zero attached hydrogens (tertiary/aromatic N) is 2. The number of esters is 1. The van der Waals surface area contributed by atoms with Crippen LogP contribution >= 0.6 is 0 Å². The standard InChI is InChI=1S/C26H32N4O3/c1-16(2)11-12-30-24(26(32)33-4)23(28-17(3)31)22-14-21(15-27-25(22)30)29-20-10-9-18-7-5-6-8-19(18)13-20/h5-8,14-16,20,29H,9-13H2,1-4H3,(H,28,31). The number of anilines is 2. The quantitative estimate of drug-likeness (QED) is 0.507. The highest BCUT2D eigenvalue weighted by molar-refractivity contribution is 6.10. The van der Waals surface area contributed by atoms with Gasteiger partial charge in [-0.15, -0.1) is 0 Å². The van der Waals surface area contributed by atoms with Gasteiger partial charge in [-0.05, 0) is 48.8 Å². The molecule has 33 heavy (non-hydrogen) atoms. The molecule has 1 amide bonds. The number of hydrogen-bond acceptors (Lipinski definition) is 5.